The third-order valence-corrected chi connectivity index (χ3v) is 7.77. The van der Waals surface area contributed by atoms with Gasteiger partial charge in [-0.3, -0.25) is 9.05 Å². The Balaban J connectivity index is 4.08. The smallest absolute Gasteiger partial charge is 0.381 e. The molecule has 32 heavy (non-hydrogen) atoms. The highest BCUT2D eigenvalue weighted by atomic mass is 31.2. The summed E-state index contributed by atoms with van der Waals surface area (Å²) in [6.07, 6.45) is 9.90. The first-order valence-electron chi connectivity index (χ1n) is 11.9. The standard InChI is InChI=1S/C21H46O9P2/c1-5-20(6-2,15-13-19-29-31(22,23)24)14-9-11-17-28-18-12-10-16-21(7-3,8-4)30-32(25,26)27/h5-19H2,1-4H3,(H2,22,23,24)(H2,25,26,27). The average Bonchev–Trinajstić information content (AvgIpc) is 2.71. The lowest BCUT2D eigenvalue weighted by Crippen LogP contribution is -2.30. The molecule has 0 aromatic carbocycles. The monoisotopic (exact) mass is 504 g/mol. The summed E-state index contributed by atoms with van der Waals surface area (Å²) in [7, 11) is -8.89. The molecule has 0 saturated heterocycles. The fraction of sp³-hybridized carbons (Fsp3) is 1.00. The summed E-state index contributed by atoms with van der Waals surface area (Å²) in [5, 5.41) is 0. The number of rotatable bonds is 21. The van der Waals surface area contributed by atoms with Crippen LogP contribution in [-0.2, 0) is 22.9 Å². The second-order valence-electron chi connectivity index (χ2n) is 8.63. The quantitative estimate of drug-likeness (QED) is 0.114. The minimum absolute atomic E-state index is 0.0751. The molecule has 0 aromatic heterocycles. The van der Waals surface area contributed by atoms with Crippen LogP contribution in [0.4, 0.5) is 0 Å². The lowest BCUT2D eigenvalue weighted by molar-refractivity contribution is 0.0153. The molecule has 0 rings (SSSR count). The molecule has 0 unspecified atom stereocenters. The van der Waals surface area contributed by atoms with Crippen LogP contribution in [0.15, 0.2) is 0 Å². The van der Waals surface area contributed by atoms with Gasteiger partial charge >= 0.3 is 15.6 Å². The maximum atomic E-state index is 11.2. The summed E-state index contributed by atoms with van der Waals surface area (Å²) in [5.41, 5.74) is -0.611. The highest BCUT2D eigenvalue weighted by molar-refractivity contribution is 7.46. The van der Waals surface area contributed by atoms with Gasteiger partial charge in [0.05, 0.1) is 12.2 Å². The first kappa shape index (κ1) is 32.2. The van der Waals surface area contributed by atoms with Crippen molar-refractivity contribution >= 4 is 15.6 Å². The van der Waals surface area contributed by atoms with Crippen molar-refractivity contribution in [3.8, 4) is 0 Å². The van der Waals surface area contributed by atoms with Gasteiger partial charge in [0.2, 0.25) is 0 Å². The van der Waals surface area contributed by atoms with Crippen molar-refractivity contribution in [2.24, 2.45) is 5.41 Å². The summed E-state index contributed by atoms with van der Waals surface area (Å²) >= 11 is 0. The van der Waals surface area contributed by atoms with Crippen molar-refractivity contribution in [3.05, 3.63) is 0 Å². The molecule has 0 aliphatic carbocycles. The Hall–Kier alpha value is 0.180. The van der Waals surface area contributed by atoms with Crippen molar-refractivity contribution in [3.63, 3.8) is 0 Å². The normalized spacial score (nSPS) is 13.6. The molecule has 0 fully saturated rings. The fourth-order valence-electron chi connectivity index (χ4n) is 4.20. The predicted octanol–water partition coefficient (Wildman–Crippen LogP) is 5.71. The number of unbranched alkanes of at least 4 members (excludes halogenated alkanes) is 2. The van der Waals surface area contributed by atoms with E-state index in [0.717, 1.165) is 51.4 Å². The van der Waals surface area contributed by atoms with Crippen molar-refractivity contribution in [1.82, 2.24) is 0 Å². The van der Waals surface area contributed by atoms with Crippen LogP contribution >= 0.6 is 15.6 Å². The molecule has 194 valence electrons. The van der Waals surface area contributed by atoms with Crippen molar-refractivity contribution in [2.75, 3.05) is 19.8 Å². The van der Waals surface area contributed by atoms with E-state index in [1.54, 1.807) is 0 Å². The lowest BCUT2D eigenvalue weighted by Gasteiger charge is -2.32. The molecule has 0 bridgehead atoms. The van der Waals surface area contributed by atoms with Gasteiger partial charge in [-0.15, -0.1) is 0 Å². The van der Waals surface area contributed by atoms with Gasteiger partial charge in [0.15, 0.2) is 0 Å². The van der Waals surface area contributed by atoms with E-state index in [1.165, 1.54) is 0 Å². The van der Waals surface area contributed by atoms with Crippen LogP contribution in [0.1, 0.15) is 105 Å². The number of hydrogen-bond donors (Lipinski definition) is 4. The molecule has 0 heterocycles. The second-order valence-corrected chi connectivity index (χ2v) is 11.0. The molecule has 11 heteroatoms. The third kappa shape index (κ3) is 15.2. The van der Waals surface area contributed by atoms with Crippen molar-refractivity contribution in [2.45, 2.75) is 110 Å². The van der Waals surface area contributed by atoms with Gasteiger partial charge in [-0.2, -0.15) is 0 Å². The Morgan fingerprint density at radius 3 is 1.56 bits per heavy atom. The van der Waals surface area contributed by atoms with Gasteiger partial charge in [0, 0.05) is 13.2 Å². The van der Waals surface area contributed by atoms with Crippen LogP contribution in [0.25, 0.3) is 0 Å². The van der Waals surface area contributed by atoms with Crippen LogP contribution in [-0.4, -0.2) is 45.0 Å². The van der Waals surface area contributed by atoms with E-state index in [-0.39, 0.29) is 12.0 Å². The Morgan fingerprint density at radius 1 is 0.625 bits per heavy atom. The zero-order valence-electron chi connectivity index (χ0n) is 20.3. The molecule has 0 aliphatic rings. The van der Waals surface area contributed by atoms with Crippen molar-refractivity contribution in [1.29, 1.82) is 0 Å². The molecule has 0 aliphatic heterocycles. The molecular weight excluding hydrogens is 458 g/mol. The number of hydrogen-bond acceptors (Lipinski definition) is 5. The van der Waals surface area contributed by atoms with Gasteiger partial charge in [0.1, 0.15) is 0 Å². The molecule has 9 nitrogen and oxygen atoms in total. The summed E-state index contributed by atoms with van der Waals surface area (Å²) in [5.74, 6) is 0. The fourth-order valence-corrected chi connectivity index (χ4v) is 5.42. The van der Waals surface area contributed by atoms with E-state index in [0.29, 0.717) is 38.9 Å². The summed E-state index contributed by atoms with van der Waals surface area (Å²) in [4.78, 5) is 35.9. The van der Waals surface area contributed by atoms with Crippen LogP contribution in [0.3, 0.4) is 0 Å². The third-order valence-electron chi connectivity index (χ3n) is 6.63. The van der Waals surface area contributed by atoms with Gasteiger partial charge in [-0.05, 0) is 63.2 Å². The van der Waals surface area contributed by atoms with Gasteiger partial charge in [0.25, 0.3) is 0 Å². The largest absolute Gasteiger partial charge is 0.470 e. The van der Waals surface area contributed by atoms with Gasteiger partial charge in [-0.25, -0.2) is 9.13 Å². The molecule has 0 radical (unpaired) electrons. The average molecular weight is 505 g/mol. The maximum absolute atomic E-state index is 11.2. The zero-order valence-corrected chi connectivity index (χ0v) is 22.1. The van der Waals surface area contributed by atoms with Crippen LogP contribution < -0.4 is 0 Å². The Morgan fingerprint density at radius 2 is 1.12 bits per heavy atom. The summed E-state index contributed by atoms with van der Waals surface area (Å²) < 4.78 is 37.4. The topological polar surface area (TPSA) is 143 Å². The Kier molecular flexibility index (Phi) is 16.1. The van der Waals surface area contributed by atoms with Gasteiger partial charge < -0.3 is 24.3 Å². The number of phosphoric ester groups is 2. The SMILES string of the molecule is CCC(CC)(CCCCOCCCCC(CC)(CC)OP(=O)(O)O)CCCOP(=O)(O)O. The maximum Gasteiger partial charge on any atom is 0.470 e. The first-order valence-corrected chi connectivity index (χ1v) is 15.0. The van der Waals surface area contributed by atoms with Crippen LogP contribution in [0.5, 0.6) is 0 Å². The van der Waals surface area contributed by atoms with E-state index in [1.807, 2.05) is 13.8 Å². The van der Waals surface area contributed by atoms with E-state index >= 15 is 0 Å². The highest BCUT2D eigenvalue weighted by Crippen LogP contribution is 2.46. The molecule has 4 N–H and O–H groups in total. The summed E-state index contributed by atoms with van der Waals surface area (Å²) in [6, 6.07) is 0. The first-order chi connectivity index (χ1) is 14.9. The molecule has 0 aromatic rings. The molecule has 0 spiro atoms. The summed E-state index contributed by atoms with van der Waals surface area (Å²) in [6.45, 7) is 9.45. The number of ether oxygens (including phenoxy) is 1. The molecule has 0 amide bonds. The Labute approximate surface area is 194 Å². The molecule has 0 atom stereocenters. The van der Waals surface area contributed by atoms with E-state index in [2.05, 4.69) is 18.4 Å². The minimum atomic E-state index is -4.50. The van der Waals surface area contributed by atoms with Crippen LogP contribution in [0.2, 0.25) is 0 Å². The minimum Gasteiger partial charge on any atom is -0.381 e. The highest BCUT2D eigenvalue weighted by Gasteiger charge is 2.34. The van der Waals surface area contributed by atoms with E-state index in [4.69, 9.17) is 28.8 Å². The van der Waals surface area contributed by atoms with Crippen molar-refractivity contribution < 1.29 is 42.5 Å². The molecule has 0 saturated carbocycles. The zero-order chi connectivity index (χ0) is 24.7. The second kappa shape index (κ2) is 16.0. The van der Waals surface area contributed by atoms with E-state index < -0.39 is 21.2 Å². The predicted molar refractivity (Wildman–Crippen MR) is 125 cm³/mol. The Bertz CT molecular complexity index is 566. The van der Waals surface area contributed by atoms with Crippen LogP contribution in [0, 0.1) is 5.41 Å². The molecular formula is C21H46O9P2. The van der Waals surface area contributed by atoms with E-state index in [9.17, 15) is 9.13 Å². The lowest BCUT2D eigenvalue weighted by atomic mass is 9.74. The van der Waals surface area contributed by atoms with Gasteiger partial charge in [-0.1, -0.05) is 47.0 Å². The number of phosphoric acid groups is 2.